The van der Waals surface area contributed by atoms with Crippen molar-refractivity contribution in [1.29, 1.82) is 0 Å². The number of aryl methyl sites for hydroxylation is 1. The molecule has 30 heavy (non-hydrogen) atoms. The maximum absolute atomic E-state index is 13.1. The largest absolute Gasteiger partial charge is 0.379 e. The number of hydrogen-bond acceptors (Lipinski definition) is 7. The fraction of sp³-hybridized carbons (Fsp3) is 0.444. The molecule has 0 amide bonds. The fourth-order valence-corrected chi connectivity index (χ4v) is 5.95. The zero-order chi connectivity index (χ0) is 22.3. The van der Waals surface area contributed by atoms with E-state index in [2.05, 4.69) is 5.10 Å². The summed E-state index contributed by atoms with van der Waals surface area (Å²) in [5.74, 6) is -0.616. The zero-order valence-electron chi connectivity index (χ0n) is 17.2. The number of ether oxygens (including phenoxy) is 1. The second kappa shape index (κ2) is 8.19. The highest BCUT2D eigenvalue weighted by Gasteiger charge is 2.33. The molecule has 1 saturated heterocycles. The standard InChI is InChI=1S/C18H24N4O6S2/c1-13-17(30(26,27)21-8-10-28-11-9-21)14(2)22(19-13)18(23)15-6-5-7-16(12-15)29(24,25)20(3)4/h5-7,12H,8-11H2,1-4H3. The third-order valence-electron chi connectivity index (χ3n) is 4.84. The van der Waals surface area contributed by atoms with E-state index in [4.69, 9.17) is 4.74 Å². The summed E-state index contributed by atoms with van der Waals surface area (Å²) in [5.41, 5.74) is 0.452. The Morgan fingerprint density at radius 3 is 2.33 bits per heavy atom. The summed E-state index contributed by atoms with van der Waals surface area (Å²) in [6.45, 7) is 4.09. The Hall–Kier alpha value is -2.12. The molecule has 0 spiro atoms. The van der Waals surface area contributed by atoms with Crippen LogP contribution in [0.5, 0.6) is 0 Å². The van der Waals surface area contributed by atoms with Gasteiger partial charge in [-0.25, -0.2) is 21.1 Å². The highest BCUT2D eigenvalue weighted by molar-refractivity contribution is 7.89. The van der Waals surface area contributed by atoms with Gasteiger partial charge in [0.1, 0.15) is 4.90 Å². The summed E-state index contributed by atoms with van der Waals surface area (Å²) in [7, 11) is -4.78. The Kier molecular flexibility index (Phi) is 6.16. The highest BCUT2D eigenvalue weighted by atomic mass is 32.2. The van der Waals surface area contributed by atoms with Crippen LogP contribution >= 0.6 is 0 Å². The predicted molar refractivity (Wildman–Crippen MR) is 108 cm³/mol. The molecule has 1 aromatic heterocycles. The van der Waals surface area contributed by atoms with Gasteiger partial charge >= 0.3 is 0 Å². The molecule has 1 aliphatic heterocycles. The maximum Gasteiger partial charge on any atom is 0.278 e. The molecule has 10 nitrogen and oxygen atoms in total. The minimum absolute atomic E-state index is 0.0187. The Balaban J connectivity index is 2.03. The minimum Gasteiger partial charge on any atom is -0.379 e. The number of carbonyl (C=O) groups excluding carboxylic acids is 1. The van der Waals surface area contributed by atoms with Gasteiger partial charge in [-0.2, -0.15) is 14.1 Å². The first kappa shape index (κ1) is 22.6. The van der Waals surface area contributed by atoms with Crippen LogP contribution in [0, 0.1) is 13.8 Å². The Labute approximate surface area is 176 Å². The lowest BCUT2D eigenvalue weighted by atomic mass is 10.2. The van der Waals surface area contributed by atoms with Crippen LogP contribution in [0.1, 0.15) is 21.7 Å². The van der Waals surface area contributed by atoms with E-state index >= 15 is 0 Å². The Morgan fingerprint density at radius 1 is 1.10 bits per heavy atom. The van der Waals surface area contributed by atoms with Crippen LogP contribution in [0.3, 0.4) is 0 Å². The number of benzene rings is 1. The van der Waals surface area contributed by atoms with Crippen molar-refractivity contribution < 1.29 is 26.4 Å². The van der Waals surface area contributed by atoms with E-state index in [1.807, 2.05) is 0 Å². The monoisotopic (exact) mass is 456 g/mol. The van der Waals surface area contributed by atoms with Gasteiger partial charge in [-0.1, -0.05) is 6.07 Å². The van der Waals surface area contributed by atoms with Crippen LogP contribution in [-0.4, -0.2) is 81.5 Å². The smallest absolute Gasteiger partial charge is 0.278 e. The minimum atomic E-state index is -3.85. The lowest BCUT2D eigenvalue weighted by Gasteiger charge is -2.26. The van der Waals surface area contributed by atoms with Gasteiger partial charge in [0.05, 0.1) is 29.5 Å². The maximum atomic E-state index is 13.1. The molecule has 12 heteroatoms. The van der Waals surface area contributed by atoms with Crippen LogP contribution in [0.4, 0.5) is 0 Å². The van der Waals surface area contributed by atoms with E-state index in [1.54, 1.807) is 0 Å². The van der Waals surface area contributed by atoms with Gasteiger partial charge in [-0.05, 0) is 32.0 Å². The van der Waals surface area contributed by atoms with E-state index in [9.17, 15) is 21.6 Å². The molecular formula is C18H24N4O6S2. The average molecular weight is 457 g/mol. The molecule has 3 rings (SSSR count). The zero-order valence-corrected chi connectivity index (χ0v) is 18.8. The number of hydrogen-bond donors (Lipinski definition) is 0. The van der Waals surface area contributed by atoms with Crippen LogP contribution in [0.2, 0.25) is 0 Å². The Morgan fingerprint density at radius 2 is 1.73 bits per heavy atom. The molecule has 0 atom stereocenters. The molecule has 2 heterocycles. The van der Waals surface area contributed by atoms with Gasteiger partial charge in [-0.15, -0.1) is 0 Å². The number of rotatable bonds is 5. The van der Waals surface area contributed by atoms with Crippen molar-refractivity contribution in [3.05, 3.63) is 41.2 Å². The first-order chi connectivity index (χ1) is 14.0. The summed E-state index contributed by atoms with van der Waals surface area (Å²) in [6.07, 6.45) is 0. The van der Waals surface area contributed by atoms with Gasteiger partial charge in [0.2, 0.25) is 20.0 Å². The van der Waals surface area contributed by atoms with Crippen LogP contribution < -0.4 is 0 Å². The van der Waals surface area contributed by atoms with Crippen molar-refractivity contribution in [3.63, 3.8) is 0 Å². The third-order valence-corrected chi connectivity index (χ3v) is 8.81. The number of morpholine rings is 1. The quantitative estimate of drug-likeness (QED) is 0.641. The normalized spacial score (nSPS) is 16.2. The van der Waals surface area contributed by atoms with E-state index in [0.29, 0.717) is 13.2 Å². The second-order valence-electron chi connectivity index (χ2n) is 7.05. The van der Waals surface area contributed by atoms with E-state index in [-0.39, 0.29) is 39.8 Å². The summed E-state index contributed by atoms with van der Waals surface area (Å²) in [5, 5.41) is 4.14. The summed E-state index contributed by atoms with van der Waals surface area (Å²) in [6, 6.07) is 5.57. The Bertz CT molecular complexity index is 1180. The van der Waals surface area contributed by atoms with Crippen molar-refractivity contribution in [2.45, 2.75) is 23.6 Å². The third kappa shape index (κ3) is 3.93. The molecule has 1 aliphatic rings. The van der Waals surface area contributed by atoms with E-state index in [1.165, 1.54) is 56.5 Å². The lowest BCUT2D eigenvalue weighted by Crippen LogP contribution is -2.41. The van der Waals surface area contributed by atoms with Crippen LogP contribution in [0.15, 0.2) is 34.1 Å². The molecule has 0 saturated carbocycles. The average Bonchev–Trinajstić information content (AvgIpc) is 3.02. The fourth-order valence-electron chi connectivity index (χ4n) is 3.24. The number of aromatic nitrogens is 2. The topological polar surface area (TPSA) is 119 Å². The highest BCUT2D eigenvalue weighted by Crippen LogP contribution is 2.25. The molecule has 0 N–H and O–H groups in total. The molecule has 0 radical (unpaired) electrons. The van der Waals surface area contributed by atoms with Crippen LogP contribution in [0.25, 0.3) is 0 Å². The van der Waals surface area contributed by atoms with Gasteiger partial charge in [0, 0.05) is 32.7 Å². The first-order valence-electron chi connectivity index (χ1n) is 9.19. The van der Waals surface area contributed by atoms with Gasteiger partial charge in [0.15, 0.2) is 0 Å². The van der Waals surface area contributed by atoms with Gasteiger partial charge in [0.25, 0.3) is 5.91 Å². The van der Waals surface area contributed by atoms with Crippen molar-refractivity contribution in [2.24, 2.45) is 0 Å². The summed E-state index contributed by atoms with van der Waals surface area (Å²) >= 11 is 0. The number of carbonyl (C=O) groups is 1. The molecule has 1 fully saturated rings. The van der Waals surface area contributed by atoms with Gasteiger partial charge in [-0.3, -0.25) is 4.79 Å². The molecule has 0 aliphatic carbocycles. The van der Waals surface area contributed by atoms with E-state index < -0.39 is 26.0 Å². The first-order valence-corrected chi connectivity index (χ1v) is 12.1. The molecule has 164 valence electrons. The predicted octanol–water partition coefficient (Wildman–Crippen LogP) is 0.460. The molecule has 0 unspecified atom stereocenters. The molecule has 0 bridgehead atoms. The van der Waals surface area contributed by atoms with Crippen LogP contribution in [-0.2, 0) is 24.8 Å². The van der Waals surface area contributed by atoms with Gasteiger partial charge < -0.3 is 4.74 Å². The SMILES string of the molecule is Cc1nn(C(=O)c2cccc(S(=O)(=O)N(C)C)c2)c(C)c1S(=O)(=O)N1CCOCC1. The number of sulfonamides is 2. The van der Waals surface area contributed by atoms with Crippen molar-refractivity contribution in [1.82, 2.24) is 18.4 Å². The van der Waals surface area contributed by atoms with Crippen molar-refractivity contribution in [3.8, 4) is 0 Å². The summed E-state index contributed by atoms with van der Waals surface area (Å²) in [4.78, 5) is 13.0. The van der Waals surface area contributed by atoms with Crippen molar-refractivity contribution >= 4 is 26.0 Å². The molecular weight excluding hydrogens is 432 g/mol. The lowest BCUT2D eigenvalue weighted by molar-refractivity contribution is 0.0730. The van der Waals surface area contributed by atoms with E-state index in [0.717, 1.165) is 8.99 Å². The summed E-state index contributed by atoms with van der Waals surface area (Å²) < 4.78 is 59.5. The second-order valence-corrected chi connectivity index (χ2v) is 11.1. The molecule has 1 aromatic carbocycles. The van der Waals surface area contributed by atoms with Crippen molar-refractivity contribution in [2.75, 3.05) is 40.4 Å². The number of nitrogens with zero attached hydrogens (tertiary/aromatic N) is 4. The molecule has 2 aromatic rings.